The molecular weight excluding hydrogens is 214 g/mol. The van der Waals surface area contributed by atoms with Crippen molar-refractivity contribution in [1.29, 1.82) is 0 Å². The van der Waals surface area contributed by atoms with Gasteiger partial charge in [0.05, 0.1) is 18.3 Å². The molecule has 0 radical (unpaired) electrons. The molecule has 1 saturated heterocycles. The lowest BCUT2D eigenvalue weighted by Crippen LogP contribution is -2.34. The molecule has 0 bridgehead atoms. The molecule has 1 spiro atoms. The molecule has 3 heteroatoms. The average molecular weight is 241 g/mol. The second-order valence-electron chi connectivity index (χ2n) is 6.08. The van der Waals surface area contributed by atoms with Gasteiger partial charge in [0, 0.05) is 6.54 Å². The van der Waals surface area contributed by atoms with Crippen LogP contribution in [0.4, 0.5) is 0 Å². The molecule has 0 aromatic rings. The molecular formula is C14H27NO2. The third kappa shape index (κ3) is 3.94. The van der Waals surface area contributed by atoms with E-state index in [1.807, 2.05) is 0 Å². The second-order valence-corrected chi connectivity index (χ2v) is 6.08. The SMILES string of the molecule is CC(C)CONCC1CCC2(CCCCC2)O1. The van der Waals surface area contributed by atoms with Gasteiger partial charge < -0.3 is 9.57 Å². The lowest BCUT2D eigenvalue weighted by atomic mass is 9.83. The van der Waals surface area contributed by atoms with Crippen molar-refractivity contribution in [3.63, 3.8) is 0 Å². The van der Waals surface area contributed by atoms with E-state index in [2.05, 4.69) is 19.3 Å². The summed E-state index contributed by atoms with van der Waals surface area (Å²) >= 11 is 0. The van der Waals surface area contributed by atoms with E-state index >= 15 is 0 Å². The quantitative estimate of drug-likeness (QED) is 0.593. The fourth-order valence-corrected chi connectivity index (χ4v) is 2.98. The number of hydroxylamine groups is 1. The van der Waals surface area contributed by atoms with Crippen molar-refractivity contribution in [2.75, 3.05) is 13.2 Å². The first-order chi connectivity index (χ1) is 8.20. The zero-order valence-electron chi connectivity index (χ0n) is 11.3. The Bertz CT molecular complexity index is 224. The van der Waals surface area contributed by atoms with Gasteiger partial charge in [-0.05, 0) is 31.6 Å². The Morgan fingerprint density at radius 2 is 2.00 bits per heavy atom. The molecule has 1 heterocycles. The van der Waals surface area contributed by atoms with Crippen molar-refractivity contribution in [3.05, 3.63) is 0 Å². The summed E-state index contributed by atoms with van der Waals surface area (Å²) in [6.45, 7) is 5.93. The summed E-state index contributed by atoms with van der Waals surface area (Å²) in [5, 5.41) is 0. The molecule has 1 atom stereocenters. The van der Waals surface area contributed by atoms with Crippen LogP contribution in [0.25, 0.3) is 0 Å². The van der Waals surface area contributed by atoms with Gasteiger partial charge >= 0.3 is 0 Å². The first-order valence-corrected chi connectivity index (χ1v) is 7.23. The average Bonchev–Trinajstić information content (AvgIpc) is 2.69. The van der Waals surface area contributed by atoms with Gasteiger partial charge in [-0.25, -0.2) is 0 Å². The highest BCUT2D eigenvalue weighted by Gasteiger charge is 2.40. The maximum absolute atomic E-state index is 6.25. The third-order valence-corrected chi connectivity index (χ3v) is 3.93. The first kappa shape index (κ1) is 13.3. The van der Waals surface area contributed by atoms with Gasteiger partial charge in [-0.1, -0.05) is 33.1 Å². The molecule has 1 aliphatic heterocycles. The highest BCUT2D eigenvalue weighted by molar-refractivity contribution is 4.91. The monoisotopic (exact) mass is 241 g/mol. The molecule has 2 rings (SSSR count). The van der Waals surface area contributed by atoms with Crippen molar-refractivity contribution in [2.24, 2.45) is 5.92 Å². The standard InChI is InChI=1S/C14H27NO2/c1-12(2)11-16-15-10-13-6-9-14(17-13)7-4-3-5-8-14/h12-13,15H,3-11H2,1-2H3. The van der Waals surface area contributed by atoms with E-state index in [0.29, 0.717) is 12.0 Å². The van der Waals surface area contributed by atoms with Crippen LogP contribution in [0.1, 0.15) is 58.8 Å². The Morgan fingerprint density at radius 1 is 1.24 bits per heavy atom. The van der Waals surface area contributed by atoms with Gasteiger partial charge in [0.2, 0.25) is 0 Å². The summed E-state index contributed by atoms with van der Waals surface area (Å²) in [5.74, 6) is 0.580. The molecule has 0 aromatic heterocycles. The minimum Gasteiger partial charge on any atom is -0.370 e. The van der Waals surface area contributed by atoms with Crippen molar-refractivity contribution in [2.45, 2.75) is 70.5 Å². The molecule has 100 valence electrons. The summed E-state index contributed by atoms with van der Waals surface area (Å²) in [6, 6.07) is 0. The summed E-state index contributed by atoms with van der Waals surface area (Å²) in [6.07, 6.45) is 9.45. The zero-order valence-corrected chi connectivity index (χ0v) is 11.3. The predicted octanol–water partition coefficient (Wildman–Crippen LogP) is 3.05. The highest BCUT2D eigenvalue weighted by Crippen LogP contribution is 2.41. The molecule has 1 aliphatic carbocycles. The number of ether oxygens (including phenoxy) is 1. The van der Waals surface area contributed by atoms with Crippen molar-refractivity contribution in [3.8, 4) is 0 Å². The number of nitrogens with one attached hydrogen (secondary N) is 1. The van der Waals surface area contributed by atoms with Crippen molar-refractivity contribution in [1.82, 2.24) is 5.48 Å². The van der Waals surface area contributed by atoms with E-state index in [9.17, 15) is 0 Å². The van der Waals surface area contributed by atoms with Gasteiger partial charge in [0.15, 0.2) is 0 Å². The maximum Gasteiger partial charge on any atom is 0.0731 e. The minimum absolute atomic E-state index is 0.239. The van der Waals surface area contributed by atoms with Crippen LogP contribution >= 0.6 is 0 Å². The molecule has 3 nitrogen and oxygen atoms in total. The van der Waals surface area contributed by atoms with E-state index in [1.165, 1.54) is 44.9 Å². The summed E-state index contributed by atoms with van der Waals surface area (Å²) in [4.78, 5) is 5.40. The maximum atomic E-state index is 6.25. The van der Waals surface area contributed by atoms with E-state index in [4.69, 9.17) is 9.57 Å². The Labute approximate surface area is 105 Å². The summed E-state index contributed by atoms with van der Waals surface area (Å²) in [7, 11) is 0. The van der Waals surface area contributed by atoms with Crippen LogP contribution in [0.15, 0.2) is 0 Å². The molecule has 1 unspecified atom stereocenters. The van der Waals surface area contributed by atoms with Crippen molar-refractivity contribution >= 4 is 0 Å². The third-order valence-electron chi connectivity index (χ3n) is 3.93. The van der Waals surface area contributed by atoms with Crippen LogP contribution in [0.5, 0.6) is 0 Å². The van der Waals surface area contributed by atoms with Gasteiger partial charge in [-0.2, -0.15) is 5.48 Å². The smallest absolute Gasteiger partial charge is 0.0731 e. The summed E-state index contributed by atoms with van der Waals surface area (Å²) in [5.41, 5.74) is 3.29. The van der Waals surface area contributed by atoms with Gasteiger partial charge in [0.1, 0.15) is 0 Å². The van der Waals surface area contributed by atoms with Crippen LogP contribution in [0.2, 0.25) is 0 Å². The lowest BCUT2D eigenvalue weighted by molar-refractivity contribution is -0.0794. The van der Waals surface area contributed by atoms with E-state index in [0.717, 1.165) is 13.2 Å². The van der Waals surface area contributed by atoms with Crippen LogP contribution < -0.4 is 5.48 Å². The molecule has 1 N–H and O–H groups in total. The van der Waals surface area contributed by atoms with Crippen LogP contribution in [0.3, 0.4) is 0 Å². The number of hydrogen-bond donors (Lipinski definition) is 1. The van der Waals surface area contributed by atoms with Gasteiger partial charge in [-0.3, -0.25) is 0 Å². The normalized spacial score (nSPS) is 28.1. The highest BCUT2D eigenvalue weighted by atomic mass is 16.6. The lowest BCUT2D eigenvalue weighted by Gasteiger charge is -2.33. The molecule has 0 aromatic carbocycles. The van der Waals surface area contributed by atoms with Crippen LogP contribution in [-0.2, 0) is 9.57 Å². The second kappa shape index (κ2) is 6.17. The molecule has 1 saturated carbocycles. The number of rotatable bonds is 5. The minimum atomic E-state index is 0.239. The summed E-state index contributed by atoms with van der Waals surface area (Å²) < 4.78 is 6.25. The Morgan fingerprint density at radius 3 is 2.71 bits per heavy atom. The Hall–Kier alpha value is -0.120. The fraction of sp³-hybridized carbons (Fsp3) is 1.00. The fourth-order valence-electron chi connectivity index (χ4n) is 2.98. The first-order valence-electron chi connectivity index (χ1n) is 7.23. The van der Waals surface area contributed by atoms with Crippen molar-refractivity contribution < 1.29 is 9.57 Å². The van der Waals surface area contributed by atoms with E-state index < -0.39 is 0 Å². The number of hydrogen-bond acceptors (Lipinski definition) is 3. The molecule has 2 aliphatic rings. The largest absolute Gasteiger partial charge is 0.370 e. The topological polar surface area (TPSA) is 30.5 Å². The van der Waals surface area contributed by atoms with Gasteiger partial charge in [-0.15, -0.1) is 0 Å². The molecule has 0 amide bonds. The Balaban J connectivity index is 1.64. The van der Waals surface area contributed by atoms with E-state index in [-0.39, 0.29) is 5.60 Å². The Kier molecular flexibility index (Phi) is 4.83. The van der Waals surface area contributed by atoms with Crippen LogP contribution in [-0.4, -0.2) is 24.9 Å². The van der Waals surface area contributed by atoms with Gasteiger partial charge in [0.25, 0.3) is 0 Å². The zero-order chi connectivity index (χ0) is 12.1. The molecule has 2 fully saturated rings. The molecule has 17 heavy (non-hydrogen) atoms. The van der Waals surface area contributed by atoms with E-state index in [1.54, 1.807) is 0 Å². The predicted molar refractivity (Wildman–Crippen MR) is 68.7 cm³/mol. The van der Waals surface area contributed by atoms with Crippen LogP contribution in [0, 0.1) is 5.92 Å².